The molecule has 160 valence electrons. The molecular weight excluding hydrogens is 388 g/mol. The van der Waals surface area contributed by atoms with Crippen molar-refractivity contribution in [1.29, 1.82) is 0 Å². The van der Waals surface area contributed by atoms with Gasteiger partial charge in [0.05, 0.1) is 11.9 Å². The minimum atomic E-state index is -0.0180. The SMILES string of the molecule is CCn1ncc(CN(C)C(=O)Cn2nc(C)c3c(-c4ccc(C)cc4)ccnc32)c1C. The number of carbonyl (C=O) groups is 1. The van der Waals surface area contributed by atoms with Crippen molar-refractivity contribution in [3.05, 3.63) is 65.2 Å². The largest absolute Gasteiger partial charge is 0.340 e. The van der Waals surface area contributed by atoms with Gasteiger partial charge in [0, 0.05) is 43.0 Å². The molecule has 0 spiro atoms. The second-order valence-electron chi connectivity index (χ2n) is 7.99. The Labute approximate surface area is 182 Å². The molecule has 1 aromatic carbocycles. The molecule has 3 heterocycles. The summed E-state index contributed by atoms with van der Waals surface area (Å²) in [5, 5.41) is 10.0. The first kappa shape index (κ1) is 20.8. The Bertz CT molecular complexity index is 1240. The van der Waals surface area contributed by atoms with Gasteiger partial charge in [-0.1, -0.05) is 29.8 Å². The normalized spacial score (nSPS) is 11.3. The van der Waals surface area contributed by atoms with Crippen LogP contribution in [-0.2, 0) is 24.4 Å². The van der Waals surface area contributed by atoms with Crippen LogP contribution < -0.4 is 0 Å². The van der Waals surface area contributed by atoms with Gasteiger partial charge in [-0.15, -0.1) is 0 Å². The van der Waals surface area contributed by atoms with E-state index >= 15 is 0 Å². The number of benzene rings is 1. The Balaban J connectivity index is 1.60. The van der Waals surface area contributed by atoms with Crippen LogP contribution in [0.2, 0.25) is 0 Å². The van der Waals surface area contributed by atoms with Crippen molar-refractivity contribution in [2.45, 2.75) is 47.3 Å². The number of aryl methyl sites for hydroxylation is 3. The van der Waals surface area contributed by atoms with Crippen molar-refractivity contribution >= 4 is 16.9 Å². The minimum Gasteiger partial charge on any atom is -0.340 e. The van der Waals surface area contributed by atoms with Crippen molar-refractivity contribution in [2.75, 3.05) is 7.05 Å². The molecule has 1 amide bonds. The van der Waals surface area contributed by atoms with Gasteiger partial charge in [-0.05, 0) is 44.9 Å². The van der Waals surface area contributed by atoms with E-state index in [0.717, 1.165) is 45.7 Å². The molecule has 0 N–H and O–H groups in total. The van der Waals surface area contributed by atoms with Gasteiger partial charge in [0.15, 0.2) is 5.65 Å². The van der Waals surface area contributed by atoms with Crippen molar-refractivity contribution in [2.24, 2.45) is 0 Å². The molecule has 7 nitrogen and oxygen atoms in total. The van der Waals surface area contributed by atoms with Gasteiger partial charge in [0.25, 0.3) is 0 Å². The predicted molar refractivity (Wildman–Crippen MR) is 122 cm³/mol. The summed E-state index contributed by atoms with van der Waals surface area (Å²) in [6.07, 6.45) is 3.62. The highest BCUT2D eigenvalue weighted by molar-refractivity contribution is 5.95. The molecular formula is C24H28N6O. The number of amides is 1. The monoisotopic (exact) mass is 416 g/mol. The van der Waals surface area contributed by atoms with Crippen molar-refractivity contribution in [3.63, 3.8) is 0 Å². The summed E-state index contributed by atoms with van der Waals surface area (Å²) in [7, 11) is 1.81. The van der Waals surface area contributed by atoms with E-state index in [1.165, 1.54) is 5.56 Å². The Morgan fingerprint density at radius 2 is 1.81 bits per heavy atom. The third kappa shape index (κ3) is 3.95. The van der Waals surface area contributed by atoms with Gasteiger partial charge >= 0.3 is 0 Å². The summed E-state index contributed by atoms with van der Waals surface area (Å²) in [4.78, 5) is 19.2. The summed E-state index contributed by atoms with van der Waals surface area (Å²) in [5.74, 6) is -0.0180. The van der Waals surface area contributed by atoms with E-state index < -0.39 is 0 Å². The van der Waals surface area contributed by atoms with Crippen LogP contribution in [0.15, 0.2) is 42.7 Å². The van der Waals surface area contributed by atoms with Gasteiger partial charge in [-0.2, -0.15) is 10.2 Å². The maximum atomic E-state index is 13.0. The van der Waals surface area contributed by atoms with Crippen LogP contribution in [0.1, 0.15) is 29.4 Å². The van der Waals surface area contributed by atoms with Crippen LogP contribution in [0.3, 0.4) is 0 Å². The van der Waals surface area contributed by atoms with Crippen LogP contribution in [-0.4, -0.2) is 42.4 Å². The maximum Gasteiger partial charge on any atom is 0.244 e. The number of aromatic nitrogens is 5. The standard InChI is InChI=1S/C24H28N6O/c1-6-29-18(4)20(13-26-29)14-28(5)22(31)15-30-24-23(17(3)27-30)21(11-12-25-24)19-9-7-16(2)8-10-19/h7-13H,6,14-15H2,1-5H3. The van der Waals surface area contributed by atoms with E-state index in [0.29, 0.717) is 6.54 Å². The number of carbonyl (C=O) groups excluding carboxylic acids is 1. The van der Waals surface area contributed by atoms with E-state index in [-0.39, 0.29) is 12.5 Å². The number of nitrogens with zero attached hydrogens (tertiary/aromatic N) is 6. The molecule has 0 atom stereocenters. The second kappa shape index (κ2) is 8.34. The van der Waals surface area contributed by atoms with Crippen LogP contribution in [0.25, 0.3) is 22.2 Å². The van der Waals surface area contributed by atoms with Crippen LogP contribution >= 0.6 is 0 Å². The molecule has 0 unspecified atom stereocenters. The average Bonchev–Trinajstić information content (AvgIpc) is 3.28. The fourth-order valence-electron chi connectivity index (χ4n) is 3.92. The fourth-order valence-corrected chi connectivity index (χ4v) is 3.92. The molecule has 4 rings (SSSR count). The third-order valence-electron chi connectivity index (χ3n) is 5.79. The molecule has 3 aromatic heterocycles. The van der Waals surface area contributed by atoms with E-state index in [1.807, 2.05) is 37.8 Å². The molecule has 0 aliphatic heterocycles. The minimum absolute atomic E-state index is 0.0180. The molecule has 31 heavy (non-hydrogen) atoms. The quantitative estimate of drug-likeness (QED) is 0.478. The lowest BCUT2D eigenvalue weighted by Crippen LogP contribution is -2.30. The van der Waals surface area contributed by atoms with E-state index in [1.54, 1.807) is 15.8 Å². The van der Waals surface area contributed by atoms with Crippen LogP contribution in [0, 0.1) is 20.8 Å². The van der Waals surface area contributed by atoms with E-state index in [2.05, 4.69) is 53.3 Å². The van der Waals surface area contributed by atoms with Gasteiger partial charge in [-0.3, -0.25) is 9.48 Å². The highest BCUT2D eigenvalue weighted by Gasteiger charge is 2.18. The topological polar surface area (TPSA) is 68.8 Å². The number of rotatable bonds is 6. The lowest BCUT2D eigenvalue weighted by atomic mass is 10.0. The zero-order valence-electron chi connectivity index (χ0n) is 18.8. The molecule has 0 aliphatic carbocycles. The van der Waals surface area contributed by atoms with Crippen molar-refractivity contribution in [3.8, 4) is 11.1 Å². The zero-order chi connectivity index (χ0) is 22.1. The maximum absolute atomic E-state index is 13.0. The lowest BCUT2D eigenvalue weighted by molar-refractivity contribution is -0.131. The molecule has 0 saturated heterocycles. The highest BCUT2D eigenvalue weighted by atomic mass is 16.2. The summed E-state index contributed by atoms with van der Waals surface area (Å²) >= 11 is 0. The smallest absolute Gasteiger partial charge is 0.244 e. The summed E-state index contributed by atoms with van der Waals surface area (Å²) < 4.78 is 3.65. The average molecular weight is 417 g/mol. The molecule has 4 aromatic rings. The second-order valence-corrected chi connectivity index (χ2v) is 7.99. The molecule has 0 bridgehead atoms. The summed E-state index contributed by atoms with van der Waals surface area (Å²) in [6, 6.07) is 10.4. The Morgan fingerprint density at radius 1 is 1.06 bits per heavy atom. The first-order chi connectivity index (χ1) is 14.9. The number of hydrogen-bond donors (Lipinski definition) is 0. The van der Waals surface area contributed by atoms with Crippen molar-refractivity contribution < 1.29 is 4.79 Å². The Morgan fingerprint density at radius 3 is 2.48 bits per heavy atom. The first-order valence-corrected chi connectivity index (χ1v) is 10.5. The summed E-state index contributed by atoms with van der Waals surface area (Å²) in [5.41, 5.74) is 7.16. The van der Waals surface area contributed by atoms with Gasteiger partial charge in [-0.25, -0.2) is 9.67 Å². The molecule has 0 fully saturated rings. The van der Waals surface area contributed by atoms with Gasteiger partial charge in [0.1, 0.15) is 6.54 Å². The summed E-state index contributed by atoms with van der Waals surface area (Å²) in [6.45, 7) is 9.61. The van der Waals surface area contributed by atoms with E-state index in [9.17, 15) is 4.79 Å². The fraction of sp³-hybridized carbons (Fsp3) is 0.333. The molecule has 7 heteroatoms. The van der Waals surface area contributed by atoms with Crippen LogP contribution in [0.5, 0.6) is 0 Å². The molecule has 0 radical (unpaired) electrons. The Kier molecular flexibility index (Phi) is 5.59. The highest BCUT2D eigenvalue weighted by Crippen LogP contribution is 2.30. The number of pyridine rings is 1. The number of hydrogen-bond acceptors (Lipinski definition) is 4. The zero-order valence-corrected chi connectivity index (χ0v) is 18.8. The van der Waals surface area contributed by atoms with E-state index in [4.69, 9.17) is 0 Å². The first-order valence-electron chi connectivity index (χ1n) is 10.5. The molecule has 0 aliphatic rings. The lowest BCUT2D eigenvalue weighted by Gasteiger charge is -2.17. The van der Waals surface area contributed by atoms with Crippen molar-refractivity contribution in [1.82, 2.24) is 29.4 Å². The predicted octanol–water partition coefficient (Wildman–Crippen LogP) is 3.90. The third-order valence-corrected chi connectivity index (χ3v) is 5.79. The van der Waals surface area contributed by atoms with Gasteiger partial charge in [0.2, 0.25) is 5.91 Å². The Hall–Kier alpha value is -3.48. The molecule has 0 saturated carbocycles. The van der Waals surface area contributed by atoms with Crippen LogP contribution in [0.4, 0.5) is 0 Å². The number of likely N-dealkylation sites (N-methyl/N-ethyl adjacent to an activating group) is 1. The van der Waals surface area contributed by atoms with Gasteiger partial charge < -0.3 is 4.90 Å². The number of fused-ring (bicyclic) bond motifs is 1.